The minimum Gasteiger partial charge on any atom is -0.204 e. The molecule has 2 aromatic carbocycles. The Labute approximate surface area is 110 Å². The van der Waals surface area contributed by atoms with Crippen molar-refractivity contribution in [3.05, 3.63) is 59.2 Å². The van der Waals surface area contributed by atoms with E-state index >= 15 is 0 Å². The van der Waals surface area contributed by atoms with E-state index in [4.69, 9.17) is 0 Å². The topological polar surface area (TPSA) is 0 Å². The zero-order valence-corrected chi connectivity index (χ0v) is 10.0. The molecular formula is C14H8F6. The maximum absolute atomic E-state index is 13.7. The van der Waals surface area contributed by atoms with Crippen LogP contribution in [-0.2, 0) is 6.42 Å². The van der Waals surface area contributed by atoms with E-state index in [-0.39, 0.29) is 18.4 Å². The number of benzene rings is 2. The maximum atomic E-state index is 13.7. The summed E-state index contributed by atoms with van der Waals surface area (Å²) in [5, 5.41) is -2.01. The zero-order valence-electron chi connectivity index (χ0n) is 10.0. The van der Waals surface area contributed by atoms with Gasteiger partial charge in [0.2, 0.25) is 0 Å². The molecule has 0 atom stereocenters. The third-order valence-corrected chi connectivity index (χ3v) is 2.94. The lowest BCUT2D eigenvalue weighted by molar-refractivity contribution is 0.414. The summed E-state index contributed by atoms with van der Waals surface area (Å²) in [6.07, 6.45) is 1.65. The second-order valence-electron chi connectivity index (χ2n) is 4.16. The SMILES string of the molecule is C=CCCc1cc(F)c(F)c2c(F)c(F)c(F)c(F)c12. The molecule has 0 nitrogen and oxygen atoms in total. The van der Waals surface area contributed by atoms with E-state index < -0.39 is 45.7 Å². The van der Waals surface area contributed by atoms with Gasteiger partial charge in [-0.05, 0) is 24.5 Å². The molecular weight excluding hydrogens is 282 g/mol. The zero-order chi connectivity index (χ0) is 15.0. The molecule has 0 bridgehead atoms. The van der Waals surface area contributed by atoms with Gasteiger partial charge in [-0.2, -0.15) is 0 Å². The smallest absolute Gasteiger partial charge is 0.198 e. The molecule has 2 rings (SSSR count). The first-order valence-corrected chi connectivity index (χ1v) is 5.63. The van der Waals surface area contributed by atoms with Crippen molar-refractivity contribution in [1.29, 1.82) is 0 Å². The molecule has 0 spiro atoms. The number of halogens is 6. The van der Waals surface area contributed by atoms with Crippen LogP contribution in [0.25, 0.3) is 10.8 Å². The summed E-state index contributed by atoms with van der Waals surface area (Å²) in [6, 6.07) is 0.640. The fraction of sp³-hybridized carbons (Fsp3) is 0.143. The quantitative estimate of drug-likeness (QED) is 0.330. The van der Waals surface area contributed by atoms with Gasteiger partial charge >= 0.3 is 0 Å². The Morgan fingerprint density at radius 3 is 1.90 bits per heavy atom. The molecule has 0 aliphatic rings. The number of fused-ring (bicyclic) bond motifs is 1. The Hall–Kier alpha value is -1.98. The Morgan fingerprint density at radius 2 is 1.35 bits per heavy atom. The van der Waals surface area contributed by atoms with Gasteiger partial charge in [-0.3, -0.25) is 0 Å². The van der Waals surface area contributed by atoms with Crippen molar-refractivity contribution >= 4 is 10.8 Å². The van der Waals surface area contributed by atoms with Crippen LogP contribution in [0.5, 0.6) is 0 Å². The highest BCUT2D eigenvalue weighted by molar-refractivity contribution is 5.88. The van der Waals surface area contributed by atoms with E-state index in [1.807, 2.05) is 0 Å². The number of hydrogen-bond donors (Lipinski definition) is 0. The lowest BCUT2D eigenvalue weighted by atomic mass is 9.98. The standard InChI is InChI=1S/C14H8F6/c1-2-3-4-6-5-7(15)10(16)9-8(6)11(17)13(19)14(20)12(9)18/h2,5H,1,3-4H2. The van der Waals surface area contributed by atoms with Crippen molar-refractivity contribution in [2.75, 3.05) is 0 Å². The maximum Gasteiger partial charge on any atom is 0.198 e. The largest absolute Gasteiger partial charge is 0.204 e. The van der Waals surface area contributed by atoms with Crippen LogP contribution < -0.4 is 0 Å². The predicted molar refractivity (Wildman–Crippen MR) is 62.2 cm³/mol. The Bertz CT molecular complexity index is 705. The highest BCUT2D eigenvalue weighted by Gasteiger charge is 2.26. The Kier molecular flexibility index (Phi) is 3.74. The van der Waals surface area contributed by atoms with E-state index in [0.29, 0.717) is 6.07 Å². The van der Waals surface area contributed by atoms with Crippen LogP contribution >= 0.6 is 0 Å². The van der Waals surface area contributed by atoms with Crippen LogP contribution in [0.1, 0.15) is 12.0 Å². The molecule has 0 heterocycles. The minimum atomic E-state index is -2.17. The van der Waals surface area contributed by atoms with Gasteiger partial charge in [0.15, 0.2) is 34.9 Å². The second-order valence-corrected chi connectivity index (χ2v) is 4.16. The van der Waals surface area contributed by atoms with Crippen LogP contribution in [0.2, 0.25) is 0 Å². The van der Waals surface area contributed by atoms with Crippen molar-refractivity contribution in [3.8, 4) is 0 Å². The molecule has 0 radical (unpaired) electrons. The number of aryl methyl sites for hydroxylation is 1. The molecule has 0 aliphatic carbocycles. The highest BCUT2D eigenvalue weighted by Crippen LogP contribution is 2.33. The number of hydrogen-bond acceptors (Lipinski definition) is 0. The fourth-order valence-electron chi connectivity index (χ4n) is 2.00. The van der Waals surface area contributed by atoms with E-state index in [1.54, 1.807) is 0 Å². The molecule has 0 saturated heterocycles. The van der Waals surface area contributed by atoms with Gasteiger partial charge < -0.3 is 0 Å². The van der Waals surface area contributed by atoms with Gasteiger partial charge in [0.25, 0.3) is 0 Å². The third kappa shape index (κ3) is 2.05. The molecule has 0 saturated carbocycles. The first-order valence-electron chi connectivity index (χ1n) is 5.63. The molecule has 0 aliphatic heterocycles. The van der Waals surface area contributed by atoms with Crippen LogP contribution in [-0.4, -0.2) is 0 Å². The van der Waals surface area contributed by atoms with Crippen LogP contribution in [0, 0.1) is 34.9 Å². The monoisotopic (exact) mass is 290 g/mol. The average Bonchev–Trinajstić information content (AvgIpc) is 2.43. The van der Waals surface area contributed by atoms with Gasteiger partial charge in [-0.25, -0.2) is 26.3 Å². The summed E-state index contributed by atoms with van der Waals surface area (Å²) < 4.78 is 80.6. The lowest BCUT2D eigenvalue weighted by Gasteiger charge is -2.11. The summed E-state index contributed by atoms with van der Waals surface area (Å²) >= 11 is 0. The van der Waals surface area contributed by atoms with Crippen molar-refractivity contribution in [1.82, 2.24) is 0 Å². The Balaban J connectivity index is 2.96. The first kappa shape index (κ1) is 14.4. The predicted octanol–water partition coefficient (Wildman–Crippen LogP) is 4.79. The van der Waals surface area contributed by atoms with Crippen molar-refractivity contribution < 1.29 is 26.3 Å². The molecule has 2 aromatic rings. The first-order chi connectivity index (χ1) is 9.40. The summed E-state index contributed by atoms with van der Waals surface area (Å²) in [4.78, 5) is 0. The molecule has 0 aromatic heterocycles. The molecule has 20 heavy (non-hydrogen) atoms. The summed E-state index contributed by atoms with van der Waals surface area (Å²) in [5.41, 5.74) is -0.158. The fourth-order valence-corrected chi connectivity index (χ4v) is 2.00. The van der Waals surface area contributed by atoms with Crippen molar-refractivity contribution in [3.63, 3.8) is 0 Å². The third-order valence-electron chi connectivity index (χ3n) is 2.94. The van der Waals surface area contributed by atoms with Gasteiger partial charge in [-0.1, -0.05) is 6.08 Å². The normalized spacial score (nSPS) is 11.1. The number of rotatable bonds is 3. The molecule has 0 amide bonds. The van der Waals surface area contributed by atoms with Crippen LogP contribution in [0.3, 0.4) is 0 Å². The summed E-state index contributed by atoms with van der Waals surface area (Å²) in [5.74, 6) is -11.1. The summed E-state index contributed by atoms with van der Waals surface area (Å²) in [6.45, 7) is 3.40. The van der Waals surface area contributed by atoms with Gasteiger partial charge in [-0.15, -0.1) is 6.58 Å². The lowest BCUT2D eigenvalue weighted by Crippen LogP contribution is -2.04. The van der Waals surface area contributed by atoms with Crippen molar-refractivity contribution in [2.45, 2.75) is 12.8 Å². The average molecular weight is 290 g/mol. The van der Waals surface area contributed by atoms with Gasteiger partial charge in [0, 0.05) is 5.39 Å². The van der Waals surface area contributed by atoms with Crippen LogP contribution in [0.15, 0.2) is 18.7 Å². The van der Waals surface area contributed by atoms with Crippen molar-refractivity contribution in [2.24, 2.45) is 0 Å². The minimum absolute atomic E-state index is 0.0152. The summed E-state index contributed by atoms with van der Waals surface area (Å²) in [7, 11) is 0. The Morgan fingerprint density at radius 1 is 0.800 bits per heavy atom. The van der Waals surface area contributed by atoms with Crippen LogP contribution in [0.4, 0.5) is 26.3 Å². The molecule has 0 N–H and O–H groups in total. The van der Waals surface area contributed by atoms with Gasteiger partial charge in [0.05, 0.1) is 5.39 Å². The molecule has 106 valence electrons. The molecule has 0 fully saturated rings. The van der Waals surface area contributed by atoms with E-state index in [9.17, 15) is 26.3 Å². The van der Waals surface area contributed by atoms with E-state index in [2.05, 4.69) is 6.58 Å². The van der Waals surface area contributed by atoms with E-state index in [1.165, 1.54) is 6.08 Å². The van der Waals surface area contributed by atoms with Gasteiger partial charge in [0.1, 0.15) is 0 Å². The molecule has 0 unspecified atom stereocenters. The molecule has 6 heteroatoms. The van der Waals surface area contributed by atoms with E-state index in [0.717, 1.165) is 0 Å². The number of allylic oxidation sites excluding steroid dienone is 1. The second kappa shape index (κ2) is 5.19. The highest BCUT2D eigenvalue weighted by atomic mass is 19.2.